The van der Waals surface area contributed by atoms with Gasteiger partial charge in [-0.3, -0.25) is 9.78 Å². The molecule has 0 radical (unpaired) electrons. The average Bonchev–Trinajstić information content (AvgIpc) is 2.62. The third-order valence-electron chi connectivity index (χ3n) is 3.37. The van der Waals surface area contributed by atoms with Crippen LogP contribution in [0.4, 0.5) is 0 Å². The Kier molecular flexibility index (Phi) is 3.31. The van der Waals surface area contributed by atoms with Crippen molar-refractivity contribution in [2.45, 2.75) is 32.1 Å². The molecule has 0 aromatic carbocycles. The predicted molar refractivity (Wildman–Crippen MR) is 71.0 cm³/mol. The number of pyridine rings is 1. The van der Waals surface area contributed by atoms with E-state index in [0.717, 1.165) is 36.3 Å². The molecule has 0 saturated heterocycles. The van der Waals surface area contributed by atoms with Gasteiger partial charge in [0.1, 0.15) is 5.82 Å². The minimum atomic E-state index is 0.181. The number of hydrogen-bond donors (Lipinski definition) is 0. The quantitative estimate of drug-likeness (QED) is 0.771. The van der Waals surface area contributed by atoms with Crippen LogP contribution in [-0.2, 0) is 12.8 Å². The number of Topliss-reactive ketones (excluding diaryl/α,β-unsaturated/α-hetero) is 1. The lowest BCUT2D eigenvalue weighted by Crippen LogP contribution is -2.07. The number of carbonyl (C=O) groups is 1. The van der Waals surface area contributed by atoms with Crippen LogP contribution in [0, 0.1) is 0 Å². The van der Waals surface area contributed by atoms with Crippen molar-refractivity contribution >= 4 is 5.78 Å². The van der Waals surface area contributed by atoms with Crippen LogP contribution in [0.25, 0.3) is 0 Å². The molecule has 3 rings (SSSR count). The van der Waals surface area contributed by atoms with Crippen LogP contribution in [0.1, 0.15) is 46.7 Å². The van der Waals surface area contributed by atoms with Crippen LogP contribution in [0.2, 0.25) is 0 Å². The van der Waals surface area contributed by atoms with Crippen LogP contribution in [-0.4, -0.2) is 20.7 Å². The molecule has 0 atom stereocenters. The van der Waals surface area contributed by atoms with Crippen LogP contribution in [0.3, 0.4) is 0 Å². The summed E-state index contributed by atoms with van der Waals surface area (Å²) in [5.74, 6) is 0.946. The second-order valence-electron chi connectivity index (χ2n) is 4.81. The van der Waals surface area contributed by atoms with Gasteiger partial charge in [-0.25, -0.2) is 9.97 Å². The Morgan fingerprint density at radius 1 is 1.16 bits per heavy atom. The summed E-state index contributed by atoms with van der Waals surface area (Å²) in [4.78, 5) is 24.8. The molecule has 0 N–H and O–H groups in total. The first kappa shape index (κ1) is 12.0. The molecule has 0 unspecified atom stereocenters. The minimum absolute atomic E-state index is 0.181. The van der Waals surface area contributed by atoms with Crippen LogP contribution in [0.5, 0.6) is 0 Å². The van der Waals surface area contributed by atoms with E-state index in [9.17, 15) is 4.79 Å². The van der Waals surface area contributed by atoms with Crippen molar-refractivity contribution in [3.8, 4) is 0 Å². The lowest BCUT2D eigenvalue weighted by molar-refractivity contribution is 0.0981. The molecule has 0 amide bonds. The third-order valence-corrected chi connectivity index (χ3v) is 3.37. The average molecular weight is 253 g/mol. The molecule has 0 aliphatic heterocycles. The van der Waals surface area contributed by atoms with E-state index in [1.54, 1.807) is 12.4 Å². The van der Waals surface area contributed by atoms with Crippen LogP contribution < -0.4 is 0 Å². The maximum Gasteiger partial charge on any atom is 0.166 e. The molecule has 0 saturated carbocycles. The fourth-order valence-electron chi connectivity index (χ4n) is 2.37. The zero-order valence-corrected chi connectivity index (χ0v) is 10.7. The van der Waals surface area contributed by atoms with Gasteiger partial charge in [0.25, 0.3) is 0 Å². The van der Waals surface area contributed by atoms with E-state index in [-0.39, 0.29) is 5.78 Å². The zero-order valence-electron chi connectivity index (χ0n) is 10.7. The maximum atomic E-state index is 11.9. The standard InChI is InChI=1S/C15H15N3O/c19-14-6-2-1-5-13-12(14)10-17-15(18-13)8-11-4-3-7-16-9-11/h3-4,7,9-10H,1-2,5-6,8H2. The largest absolute Gasteiger partial charge is 0.294 e. The monoisotopic (exact) mass is 253 g/mol. The van der Waals surface area contributed by atoms with E-state index in [4.69, 9.17) is 0 Å². The number of ketones is 1. The van der Waals surface area contributed by atoms with Crippen molar-refractivity contribution in [1.29, 1.82) is 0 Å². The van der Waals surface area contributed by atoms with E-state index in [2.05, 4.69) is 15.0 Å². The van der Waals surface area contributed by atoms with Gasteiger partial charge in [0.2, 0.25) is 0 Å². The highest BCUT2D eigenvalue weighted by Gasteiger charge is 2.17. The lowest BCUT2D eigenvalue weighted by Gasteiger charge is -2.06. The highest BCUT2D eigenvalue weighted by Crippen LogP contribution is 2.18. The lowest BCUT2D eigenvalue weighted by atomic mass is 10.1. The first-order valence-electron chi connectivity index (χ1n) is 6.60. The summed E-state index contributed by atoms with van der Waals surface area (Å²) in [7, 11) is 0. The molecule has 0 spiro atoms. The smallest absolute Gasteiger partial charge is 0.166 e. The van der Waals surface area contributed by atoms with Gasteiger partial charge in [-0.1, -0.05) is 6.07 Å². The summed E-state index contributed by atoms with van der Waals surface area (Å²) in [5, 5.41) is 0. The van der Waals surface area contributed by atoms with Crippen molar-refractivity contribution in [1.82, 2.24) is 15.0 Å². The van der Waals surface area contributed by atoms with Gasteiger partial charge in [0.05, 0.1) is 11.3 Å². The Morgan fingerprint density at radius 2 is 2.05 bits per heavy atom. The van der Waals surface area contributed by atoms with Crippen LogP contribution >= 0.6 is 0 Å². The maximum absolute atomic E-state index is 11.9. The molecule has 1 aliphatic rings. The van der Waals surface area contributed by atoms with E-state index >= 15 is 0 Å². The summed E-state index contributed by atoms with van der Waals surface area (Å²) < 4.78 is 0. The van der Waals surface area contributed by atoms with Crippen molar-refractivity contribution in [3.63, 3.8) is 0 Å². The molecule has 2 heterocycles. The van der Waals surface area contributed by atoms with Crippen molar-refractivity contribution in [2.75, 3.05) is 0 Å². The fourth-order valence-corrected chi connectivity index (χ4v) is 2.37. The number of carbonyl (C=O) groups excluding carboxylic acids is 1. The molecular weight excluding hydrogens is 238 g/mol. The Balaban J connectivity index is 1.89. The van der Waals surface area contributed by atoms with Crippen molar-refractivity contribution < 1.29 is 4.79 Å². The second-order valence-corrected chi connectivity index (χ2v) is 4.81. The van der Waals surface area contributed by atoms with Gasteiger partial charge in [0.15, 0.2) is 5.78 Å². The molecule has 0 bridgehead atoms. The number of hydrogen-bond acceptors (Lipinski definition) is 4. The first-order valence-corrected chi connectivity index (χ1v) is 6.60. The van der Waals surface area contributed by atoms with Gasteiger partial charge in [-0.15, -0.1) is 0 Å². The summed E-state index contributed by atoms with van der Waals surface area (Å²) in [6.07, 6.45) is 9.41. The van der Waals surface area contributed by atoms with Crippen molar-refractivity contribution in [2.24, 2.45) is 0 Å². The normalized spacial score (nSPS) is 14.8. The summed E-state index contributed by atoms with van der Waals surface area (Å²) >= 11 is 0. The molecule has 2 aromatic rings. The van der Waals surface area contributed by atoms with Gasteiger partial charge >= 0.3 is 0 Å². The van der Waals surface area contributed by atoms with Crippen molar-refractivity contribution in [3.05, 3.63) is 53.4 Å². The van der Waals surface area contributed by atoms with E-state index in [0.29, 0.717) is 18.4 Å². The van der Waals surface area contributed by atoms with Gasteiger partial charge in [-0.05, 0) is 30.9 Å². The number of aryl methyl sites for hydroxylation is 1. The topological polar surface area (TPSA) is 55.7 Å². The van der Waals surface area contributed by atoms with E-state index in [1.165, 1.54) is 0 Å². The summed E-state index contributed by atoms with van der Waals surface area (Å²) in [6, 6.07) is 3.91. The van der Waals surface area contributed by atoms with Gasteiger partial charge < -0.3 is 0 Å². The van der Waals surface area contributed by atoms with Crippen LogP contribution in [0.15, 0.2) is 30.7 Å². The first-order chi connectivity index (χ1) is 9.33. The molecule has 96 valence electrons. The highest BCUT2D eigenvalue weighted by molar-refractivity contribution is 5.97. The second kappa shape index (κ2) is 5.26. The summed E-state index contributed by atoms with van der Waals surface area (Å²) in [6.45, 7) is 0. The Bertz CT molecular complexity index is 596. The van der Waals surface area contributed by atoms with Gasteiger partial charge in [0, 0.05) is 31.4 Å². The predicted octanol–water partition coefficient (Wildman–Crippen LogP) is 2.37. The number of rotatable bonds is 2. The van der Waals surface area contributed by atoms with Gasteiger partial charge in [-0.2, -0.15) is 0 Å². The van der Waals surface area contributed by atoms with E-state index in [1.807, 2.05) is 18.3 Å². The number of aromatic nitrogens is 3. The molecule has 0 fully saturated rings. The number of nitrogens with zero attached hydrogens (tertiary/aromatic N) is 3. The Labute approximate surface area is 111 Å². The molecule has 4 nitrogen and oxygen atoms in total. The zero-order chi connectivity index (χ0) is 13.1. The molecule has 19 heavy (non-hydrogen) atoms. The Hall–Kier alpha value is -2.10. The molecule has 4 heteroatoms. The fraction of sp³-hybridized carbons (Fsp3) is 0.333. The third kappa shape index (κ3) is 2.67. The number of fused-ring (bicyclic) bond motifs is 1. The molecular formula is C15H15N3O. The molecule has 2 aromatic heterocycles. The highest BCUT2D eigenvalue weighted by atomic mass is 16.1. The molecule has 1 aliphatic carbocycles. The Morgan fingerprint density at radius 3 is 2.89 bits per heavy atom. The SMILES string of the molecule is O=C1CCCCc2nc(Cc3cccnc3)ncc21. The summed E-state index contributed by atoms with van der Waals surface area (Å²) in [5.41, 5.74) is 2.71. The minimum Gasteiger partial charge on any atom is -0.294 e. The van der Waals surface area contributed by atoms with E-state index < -0.39 is 0 Å².